The number of ether oxygens (including phenoxy) is 1. The summed E-state index contributed by atoms with van der Waals surface area (Å²) >= 11 is 5.90. The number of aryl methyl sites for hydroxylation is 1. The zero-order valence-electron chi connectivity index (χ0n) is 10.9. The van der Waals surface area contributed by atoms with Crippen molar-refractivity contribution in [3.05, 3.63) is 17.0 Å². The molecular formula is C12H18ClN3O2. The van der Waals surface area contributed by atoms with Gasteiger partial charge < -0.3 is 10.1 Å². The van der Waals surface area contributed by atoms with E-state index in [9.17, 15) is 4.79 Å². The number of carbonyl (C=O) groups excluding carboxylic acids is 1. The molecule has 0 aliphatic rings. The summed E-state index contributed by atoms with van der Waals surface area (Å²) in [6.07, 6.45) is 1.69. The molecule has 1 atom stereocenters. The molecule has 100 valence electrons. The van der Waals surface area contributed by atoms with E-state index >= 15 is 0 Å². The van der Waals surface area contributed by atoms with Crippen LogP contribution in [0.15, 0.2) is 6.07 Å². The minimum atomic E-state index is -0.467. The number of rotatable bonds is 6. The molecule has 0 aliphatic heterocycles. The lowest BCUT2D eigenvalue weighted by Crippen LogP contribution is -2.28. The maximum absolute atomic E-state index is 11.5. The highest BCUT2D eigenvalue weighted by atomic mass is 35.5. The molecule has 0 aliphatic carbocycles. The van der Waals surface area contributed by atoms with E-state index in [-0.39, 0.29) is 5.97 Å². The molecule has 0 saturated heterocycles. The lowest BCUT2D eigenvalue weighted by atomic mass is 10.3. The summed E-state index contributed by atoms with van der Waals surface area (Å²) in [5.74, 6) is 0.895. The minimum Gasteiger partial charge on any atom is -0.464 e. The molecule has 0 radical (unpaired) electrons. The maximum Gasteiger partial charge on any atom is 0.328 e. The number of aromatic nitrogens is 2. The fourth-order valence-corrected chi connectivity index (χ4v) is 1.62. The van der Waals surface area contributed by atoms with Crippen LogP contribution in [0.25, 0.3) is 0 Å². The van der Waals surface area contributed by atoms with Gasteiger partial charge in [-0.25, -0.2) is 14.8 Å². The molecule has 0 bridgehead atoms. The van der Waals surface area contributed by atoms with Crippen LogP contribution in [0.2, 0.25) is 5.15 Å². The Morgan fingerprint density at radius 1 is 1.50 bits per heavy atom. The molecule has 1 heterocycles. The van der Waals surface area contributed by atoms with Gasteiger partial charge in [-0.3, -0.25) is 0 Å². The molecule has 0 fully saturated rings. The Kier molecular flexibility index (Phi) is 5.85. The molecule has 5 nitrogen and oxygen atoms in total. The Bertz CT molecular complexity index is 412. The lowest BCUT2D eigenvalue weighted by molar-refractivity contribution is -0.143. The molecule has 0 amide bonds. The number of hydrogen-bond acceptors (Lipinski definition) is 5. The molecule has 1 N–H and O–H groups in total. The third-order valence-corrected chi connectivity index (χ3v) is 2.41. The second kappa shape index (κ2) is 7.16. The van der Waals surface area contributed by atoms with Crippen LogP contribution in [0.4, 0.5) is 5.82 Å². The minimum absolute atomic E-state index is 0.315. The van der Waals surface area contributed by atoms with Crippen LogP contribution in [-0.2, 0) is 16.0 Å². The summed E-state index contributed by atoms with van der Waals surface area (Å²) in [6.45, 7) is 5.88. The van der Waals surface area contributed by atoms with Crippen molar-refractivity contribution < 1.29 is 9.53 Å². The zero-order valence-corrected chi connectivity index (χ0v) is 11.6. The van der Waals surface area contributed by atoms with Crippen molar-refractivity contribution >= 4 is 23.4 Å². The van der Waals surface area contributed by atoms with Gasteiger partial charge in [-0.05, 0) is 20.3 Å². The molecule has 6 heteroatoms. The number of esters is 1. The van der Waals surface area contributed by atoms with E-state index in [0.29, 0.717) is 23.4 Å². The van der Waals surface area contributed by atoms with Crippen LogP contribution >= 0.6 is 11.6 Å². The van der Waals surface area contributed by atoms with Gasteiger partial charge in [-0.15, -0.1) is 0 Å². The summed E-state index contributed by atoms with van der Waals surface area (Å²) in [5, 5.41) is 3.32. The highest BCUT2D eigenvalue weighted by molar-refractivity contribution is 6.29. The molecule has 1 unspecified atom stereocenters. The van der Waals surface area contributed by atoms with Crippen molar-refractivity contribution in [1.29, 1.82) is 0 Å². The van der Waals surface area contributed by atoms with Gasteiger partial charge in [0.2, 0.25) is 0 Å². The average molecular weight is 272 g/mol. The number of nitrogens with zero attached hydrogens (tertiary/aromatic N) is 2. The van der Waals surface area contributed by atoms with Gasteiger partial charge in [0.05, 0.1) is 6.61 Å². The summed E-state index contributed by atoms with van der Waals surface area (Å²) in [5.41, 5.74) is 0. The molecule has 0 saturated carbocycles. The predicted octanol–water partition coefficient (Wildman–Crippen LogP) is 2.45. The first-order valence-electron chi connectivity index (χ1n) is 6.03. The average Bonchev–Trinajstić information content (AvgIpc) is 2.28. The third-order valence-electron chi connectivity index (χ3n) is 2.22. The lowest BCUT2D eigenvalue weighted by Gasteiger charge is -2.13. The number of anilines is 1. The molecular weight excluding hydrogens is 254 g/mol. The Hall–Kier alpha value is -1.36. The van der Waals surface area contributed by atoms with Gasteiger partial charge in [0.15, 0.2) is 0 Å². The molecule has 0 spiro atoms. The summed E-state index contributed by atoms with van der Waals surface area (Å²) < 4.78 is 4.91. The van der Waals surface area contributed by atoms with Crippen molar-refractivity contribution in [3.63, 3.8) is 0 Å². The Morgan fingerprint density at radius 3 is 2.83 bits per heavy atom. The highest BCUT2D eigenvalue weighted by Crippen LogP contribution is 2.13. The van der Waals surface area contributed by atoms with Crippen LogP contribution in [0.3, 0.4) is 0 Å². The Balaban J connectivity index is 2.74. The van der Waals surface area contributed by atoms with Crippen molar-refractivity contribution in [2.24, 2.45) is 0 Å². The van der Waals surface area contributed by atoms with Gasteiger partial charge in [0.1, 0.15) is 22.8 Å². The van der Waals surface area contributed by atoms with E-state index in [1.54, 1.807) is 19.9 Å². The fraction of sp³-hybridized carbons (Fsp3) is 0.583. The second-order valence-corrected chi connectivity index (χ2v) is 4.25. The van der Waals surface area contributed by atoms with Crippen LogP contribution in [0.1, 0.15) is 33.0 Å². The van der Waals surface area contributed by atoms with Crippen molar-refractivity contribution in [2.75, 3.05) is 11.9 Å². The van der Waals surface area contributed by atoms with Crippen molar-refractivity contribution in [3.8, 4) is 0 Å². The summed E-state index contributed by atoms with van der Waals surface area (Å²) in [6, 6.07) is 1.13. The first-order valence-corrected chi connectivity index (χ1v) is 6.41. The van der Waals surface area contributed by atoms with Crippen LogP contribution in [-0.4, -0.2) is 28.6 Å². The topological polar surface area (TPSA) is 64.1 Å². The third kappa shape index (κ3) is 4.49. The Morgan fingerprint density at radius 2 is 2.22 bits per heavy atom. The molecule has 1 aromatic heterocycles. The smallest absolute Gasteiger partial charge is 0.328 e. The van der Waals surface area contributed by atoms with Gasteiger partial charge in [0.25, 0.3) is 0 Å². The zero-order chi connectivity index (χ0) is 13.5. The van der Waals surface area contributed by atoms with Crippen LogP contribution in [0.5, 0.6) is 0 Å². The van der Waals surface area contributed by atoms with E-state index < -0.39 is 6.04 Å². The fourth-order valence-electron chi connectivity index (χ4n) is 1.42. The Labute approximate surface area is 112 Å². The van der Waals surface area contributed by atoms with Gasteiger partial charge in [0, 0.05) is 12.5 Å². The number of nitrogens with one attached hydrogen (secondary N) is 1. The monoisotopic (exact) mass is 271 g/mol. The van der Waals surface area contributed by atoms with Crippen molar-refractivity contribution in [1.82, 2.24) is 9.97 Å². The molecule has 1 rings (SSSR count). The van der Waals surface area contributed by atoms with Crippen molar-refractivity contribution in [2.45, 2.75) is 39.7 Å². The van der Waals surface area contributed by atoms with Crippen LogP contribution in [0, 0.1) is 0 Å². The predicted molar refractivity (Wildman–Crippen MR) is 70.8 cm³/mol. The standard InChI is InChI=1S/C12H18ClN3O2/c1-4-6-10-15-9(13)7-11(16-10)14-8(3)12(17)18-5-2/h7-8H,4-6H2,1-3H3,(H,14,15,16). The SMILES string of the molecule is CCCc1nc(Cl)cc(NC(C)C(=O)OCC)n1. The first-order chi connectivity index (χ1) is 8.56. The molecule has 1 aromatic rings. The van der Waals surface area contributed by atoms with E-state index in [1.807, 2.05) is 6.92 Å². The van der Waals surface area contributed by atoms with E-state index in [4.69, 9.17) is 16.3 Å². The number of halogens is 1. The van der Waals surface area contributed by atoms with Gasteiger partial charge in [-0.2, -0.15) is 0 Å². The van der Waals surface area contributed by atoms with Gasteiger partial charge >= 0.3 is 5.97 Å². The normalized spacial score (nSPS) is 12.0. The number of carbonyl (C=O) groups is 1. The maximum atomic E-state index is 11.5. The summed E-state index contributed by atoms with van der Waals surface area (Å²) in [7, 11) is 0. The van der Waals surface area contributed by atoms with Crippen LogP contribution < -0.4 is 5.32 Å². The quantitative estimate of drug-likeness (QED) is 0.636. The second-order valence-electron chi connectivity index (χ2n) is 3.86. The molecule has 18 heavy (non-hydrogen) atoms. The number of hydrogen-bond donors (Lipinski definition) is 1. The van der Waals surface area contributed by atoms with E-state index in [0.717, 1.165) is 12.8 Å². The first kappa shape index (κ1) is 14.7. The van der Waals surface area contributed by atoms with Gasteiger partial charge in [-0.1, -0.05) is 18.5 Å². The molecule has 0 aromatic carbocycles. The highest BCUT2D eigenvalue weighted by Gasteiger charge is 2.14. The largest absolute Gasteiger partial charge is 0.464 e. The summed E-state index contributed by atoms with van der Waals surface area (Å²) in [4.78, 5) is 19.9. The van der Waals surface area contributed by atoms with E-state index in [2.05, 4.69) is 15.3 Å². The van der Waals surface area contributed by atoms with E-state index in [1.165, 1.54) is 0 Å².